The molecule has 9 nitrogen and oxygen atoms in total. The standard InChI is InChI=1S/C7H16O3.C6H3ClFN3.C5H5ClFN3/c1-4-8-7(9-5-2)10-6-3;7-4-1-5(8)6-10-9-3-11(6)2-4;6-3-1-4(7)5(10-8)9-2-3/h7H,4-6H2,1-3H3;1-3H;1-2H,8H2,(H,9,10). The second kappa shape index (κ2) is 14.8. The maximum Gasteiger partial charge on any atom is 0.271 e. The van der Waals surface area contributed by atoms with Gasteiger partial charge in [-0.1, -0.05) is 23.2 Å². The molecule has 0 atom stereocenters. The predicted molar refractivity (Wildman–Crippen MR) is 114 cm³/mol. The highest BCUT2D eigenvalue weighted by atomic mass is 35.5. The summed E-state index contributed by atoms with van der Waals surface area (Å²) >= 11 is 11.0. The highest BCUT2D eigenvalue weighted by Crippen LogP contribution is 2.14. The SMILES string of the molecule is CCOC(OCC)OCC.Fc1cc(Cl)cn2cnnc12.NNc1ncc(Cl)cc1F. The van der Waals surface area contributed by atoms with Gasteiger partial charge in [0.1, 0.15) is 6.33 Å². The summed E-state index contributed by atoms with van der Waals surface area (Å²) in [4.78, 5) is 3.55. The summed E-state index contributed by atoms with van der Waals surface area (Å²) in [6, 6.07) is 2.33. The van der Waals surface area contributed by atoms with Crippen molar-refractivity contribution in [2.75, 3.05) is 25.2 Å². The molecular weight excluding hydrogens is 457 g/mol. The fraction of sp³-hybridized carbons (Fsp3) is 0.389. The Kier molecular flexibility index (Phi) is 12.8. The van der Waals surface area contributed by atoms with Crippen LogP contribution in [0.2, 0.25) is 10.0 Å². The van der Waals surface area contributed by atoms with Crippen molar-refractivity contribution < 1.29 is 23.0 Å². The van der Waals surface area contributed by atoms with Crippen molar-refractivity contribution in [3.05, 3.63) is 52.5 Å². The molecule has 0 saturated carbocycles. The smallest absolute Gasteiger partial charge is 0.271 e. The van der Waals surface area contributed by atoms with Crippen molar-refractivity contribution in [3.63, 3.8) is 0 Å². The van der Waals surface area contributed by atoms with Gasteiger partial charge in [0.05, 0.1) is 10.0 Å². The second-order valence-electron chi connectivity index (χ2n) is 5.35. The van der Waals surface area contributed by atoms with Crippen LogP contribution in [0.1, 0.15) is 20.8 Å². The Morgan fingerprint density at radius 3 is 2.13 bits per heavy atom. The van der Waals surface area contributed by atoms with E-state index in [0.717, 1.165) is 6.07 Å². The number of nitrogens with one attached hydrogen (secondary N) is 1. The van der Waals surface area contributed by atoms with Crippen LogP contribution in [0.3, 0.4) is 0 Å². The minimum absolute atomic E-state index is 0.00981. The summed E-state index contributed by atoms with van der Waals surface area (Å²) in [6.45, 7) is 7.10. The number of halogens is 4. The van der Waals surface area contributed by atoms with Crippen LogP contribution < -0.4 is 11.3 Å². The molecule has 0 aliphatic heterocycles. The van der Waals surface area contributed by atoms with Crippen molar-refractivity contribution in [3.8, 4) is 0 Å². The minimum Gasteiger partial charge on any atom is -0.330 e. The maximum atomic E-state index is 12.9. The first-order valence-corrected chi connectivity index (χ1v) is 9.88. The van der Waals surface area contributed by atoms with Crippen molar-refractivity contribution in [2.45, 2.75) is 27.2 Å². The third-order valence-corrected chi connectivity index (χ3v) is 3.58. The molecule has 3 heterocycles. The summed E-state index contributed by atoms with van der Waals surface area (Å²) < 4.78 is 42.1. The van der Waals surface area contributed by atoms with Crippen LogP contribution in [0.15, 0.2) is 30.9 Å². The fourth-order valence-corrected chi connectivity index (χ4v) is 2.28. The van der Waals surface area contributed by atoms with Gasteiger partial charge in [-0.15, -0.1) is 10.2 Å². The summed E-state index contributed by atoms with van der Waals surface area (Å²) in [6.07, 6.45) is 4.24. The van der Waals surface area contributed by atoms with E-state index in [0.29, 0.717) is 24.8 Å². The maximum absolute atomic E-state index is 12.9. The molecule has 0 spiro atoms. The molecule has 0 saturated heterocycles. The fourth-order valence-electron chi connectivity index (χ4n) is 1.94. The van der Waals surface area contributed by atoms with Crippen LogP contribution >= 0.6 is 23.2 Å². The summed E-state index contributed by atoms with van der Waals surface area (Å²) in [5.74, 6) is 3.87. The van der Waals surface area contributed by atoms with Gasteiger partial charge in [0.15, 0.2) is 23.1 Å². The lowest BCUT2D eigenvalue weighted by molar-refractivity contribution is -0.282. The highest BCUT2D eigenvalue weighted by Gasteiger charge is 2.05. The molecule has 0 aromatic carbocycles. The minimum atomic E-state index is -0.560. The Balaban J connectivity index is 0.000000233. The molecule has 172 valence electrons. The molecule has 0 aliphatic rings. The molecular formula is C18H24Cl2F2N6O3. The number of ether oxygens (including phenoxy) is 3. The summed E-state index contributed by atoms with van der Waals surface area (Å²) in [5, 5.41) is 7.63. The van der Waals surface area contributed by atoms with Crippen LogP contribution in [-0.2, 0) is 14.2 Å². The number of nitrogens with zero attached hydrogens (tertiary/aromatic N) is 4. The lowest BCUT2D eigenvalue weighted by atomic mass is 10.4. The van der Waals surface area contributed by atoms with Gasteiger partial charge in [-0.3, -0.25) is 4.40 Å². The van der Waals surface area contributed by atoms with E-state index < -0.39 is 18.1 Å². The van der Waals surface area contributed by atoms with Crippen LogP contribution in [-0.4, -0.2) is 45.9 Å². The van der Waals surface area contributed by atoms with Crippen LogP contribution in [0.25, 0.3) is 5.65 Å². The second-order valence-corrected chi connectivity index (χ2v) is 6.22. The number of fused-ring (bicyclic) bond motifs is 1. The molecule has 3 aromatic heterocycles. The van der Waals surface area contributed by atoms with E-state index in [2.05, 4.69) is 20.6 Å². The zero-order valence-corrected chi connectivity index (χ0v) is 18.7. The van der Waals surface area contributed by atoms with Gasteiger partial charge < -0.3 is 19.6 Å². The number of hydrogen-bond donors (Lipinski definition) is 2. The molecule has 0 aliphatic carbocycles. The van der Waals surface area contributed by atoms with Gasteiger partial charge in [-0.05, 0) is 32.9 Å². The molecule has 0 radical (unpaired) electrons. The van der Waals surface area contributed by atoms with Gasteiger partial charge >= 0.3 is 0 Å². The van der Waals surface area contributed by atoms with E-state index >= 15 is 0 Å². The molecule has 3 N–H and O–H groups in total. The molecule has 31 heavy (non-hydrogen) atoms. The molecule has 0 unspecified atom stereocenters. The Morgan fingerprint density at radius 1 is 1.03 bits per heavy atom. The number of pyridine rings is 2. The van der Waals surface area contributed by atoms with E-state index in [1.165, 1.54) is 23.0 Å². The Bertz CT molecular complexity index is 905. The first-order valence-electron chi connectivity index (χ1n) is 9.12. The summed E-state index contributed by atoms with van der Waals surface area (Å²) in [5.41, 5.74) is 2.27. The number of hydrogen-bond acceptors (Lipinski definition) is 8. The number of nitrogens with two attached hydrogens (primary N) is 1. The first kappa shape index (κ1) is 26.9. The molecule has 0 fully saturated rings. The normalized spacial score (nSPS) is 10.4. The number of hydrazine groups is 1. The third kappa shape index (κ3) is 9.68. The van der Waals surface area contributed by atoms with Gasteiger partial charge in [-0.25, -0.2) is 19.6 Å². The largest absolute Gasteiger partial charge is 0.330 e. The molecule has 13 heteroatoms. The van der Waals surface area contributed by atoms with Crippen LogP contribution in [0.4, 0.5) is 14.6 Å². The van der Waals surface area contributed by atoms with Gasteiger partial charge in [0.25, 0.3) is 6.48 Å². The first-order chi connectivity index (χ1) is 14.9. The predicted octanol–water partition coefficient (Wildman–Crippen LogP) is 4.06. The topological polar surface area (TPSA) is 109 Å². The Labute approximate surface area is 188 Å². The van der Waals surface area contributed by atoms with Crippen molar-refractivity contribution >= 4 is 34.7 Å². The molecule has 3 aromatic rings. The number of anilines is 1. The number of rotatable bonds is 7. The average molecular weight is 481 g/mol. The quantitative estimate of drug-likeness (QED) is 0.296. The van der Waals surface area contributed by atoms with Crippen molar-refractivity contribution in [1.29, 1.82) is 0 Å². The highest BCUT2D eigenvalue weighted by molar-refractivity contribution is 6.30. The van der Waals surface area contributed by atoms with E-state index in [1.807, 2.05) is 20.8 Å². The van der Waals surface area contributed by atoms with Gasteiger partial charge in [0, 0.05) is 32.2 Å². The molecule has 0 amide bonds. The monoisotopic (exact) mass is 480 g/mol. The van der Waals surface area contributed by atoms with Gasteiger partial charge in [-0.2, -0.15) is 0 Å². The van der Waals surface area contributed by atoms with Crippen LogP contribution in [0.5, 0.6) is 0 Å². The zero-order valence-electron chi connectivity index (χ0n) is 17.2. The summed E-state index contributed by atoms with van der Waals surface area (Å²) in [7, 11) is 0. The lowest BCUT2D eigenvalue weighted by Crippen LogP contribution is -2.20. The van der Waals surface area contributed by atoms with Gasteiger partial charge in [0.2, 0.25) is 0 Å². The molecule has 3 rings (SSSR count). The van der Waals surface area contributed by atoms with Crippen molar-refractivity contribution in [1.82, 2.24) is 19.6 Å². The van der Waals surface area contributed by atoms with E-state index in [1.54, 1.807) is 6.20 Å². The zero-order chi connectivity index (χ0) is 23.2. The Hall–Kier alpha value is -2.15. The van der Waals surface area contributed by atoms with E-state index in [4.69, 9.17) is 43.3 Å². The van der Waals surface area contributed by atoms with E-state index in [9.17, 15) is 8.78 Å². The number of aromatic nitrogens is 4. The Morgan fingerprint density at radius 2 is 1.61 bits per heavy atom. The third-order valence-electron chi connectivity index (χ3n) is 3.17. The van der Waals surface area contributed by atoms with E-state index in [-0.39, 0.29) is 16.5 Å². The van der Waals surface area contributed by atoms with Crippen molar-refractivity contribution in [2.24, 2.45) is 5.84 Å². The lowest BCUT2D eigenvalue weighted by Gasteiger charge is -2.15. The average Bonchev–Trinajstić information content (AvgIpc) is 3.19. The molecule has 0 bridgehead atoms. The van der Waals surface area contributed by atoms with Crippen LogP contribution in [0, 0.1) is 11.6 Å². The number of nitrogen functional groups attached to an aromatic ring is 1.